The zero-order valence-corrected chi connectivity index (χ0v) is 17.1. The topological polar surface area (TPSA) is 77.4 Å². The van der Waals surface area contributed by atoms with E-state index >= 15 is 0 Å². The molecule has 2 rings (SSSR count). The number of rotatable bonds is 8. The van der Waals surface area contributed by atoms with Gasteiger partial charge in [-0.1, -0.05) is 38.1 Å². The number of hydrogen-bond acceptors (Lipinski definition) is 4. The van der Waals surface area contributed by atoms with Gasteiger partial charge in [-0.05, 0) is 43.4 Å². The molecule has 6 heteroatoms. The number of amides is 1. The maximum Gasteiger partial charge on any atom is 0.355 e. The van der Waals surface area contributed by atoms with Crippen LogP contribution in [0.3, 0.4) is 0 Å². The van der Waals surface area contributed by atoms with Crippen molar-refractivity contribution in [2.45, 2.75) is 40.2 Å². The molecule has 1 atom stereocenters. The van der Waals surface area contributed by atoms with Gasteiger partial charge < -0.3 is 14.6 Å². The van der Waals surface area contributed by atoms with E-state index < -0.39 is 5.97 Å². The number of Topliss-reactive ketones (excluding diaryl/α,β-unsaturated/α-hetero) is 1. The van der Waals surface area contributed by atoms with Crippen LogP contribution >= 0.6 is 0 Å². The fourth-order valence-corrected chi connectivity index (χ4v) is 2.95. The van der Waals surface area contributed by atoms with Crippen molar-refractivity contribution in [1.29, 1.82) is 0 Å². The number of nitrogens with one attached hydrogen (secondary N) is 1. The third-order valence-electron chi connectivity index (χ3n) is 4.46. The van der Waals surface area contributed by atoms with Crippen LogP contribution in [0.2, 0.25) is 0 Å². The molecule has 0 saturated heterocycles. The highest BCUT2D eigenvalue weighted by atomic mass is 16.5. The molecule has 0 aliphatic heterocycles. The molecule has 0 aliphatic carbocycles. The van der Waals surface area contributed by atoms with Gasteiger partial charge in [0.25, 0.3) is 5.91 Å². The van der Waals surface area contributed by atoms with Gasteiger partial charge in [-0.3, -0.25) is 9.59 Å². The van der Waals surface area contributed by atoms with Gasteiger partial charge in [0.2, 0.25) is 0 Å². The Morgan fingerprint density at radius 3 is 2.29 bits per heavy atom. The van der Waals surface area contributed by atoms with Crippen LogP contribution in [-0.2, 0) is 23.0 Å². The van der Waals surface area contributed by atoms with Gasteiger partial charge in [0.15, 0.2) is 12.4 Å². The molecular weight excluding hydrogens is 356 g/mol. The molecule has 0 fully saturated rings. The Balaban J connectivity index is 1.87. The Hall–Kier alpha value is -2.89. The summed E-state index contributed by atoms with van der Waals surface area (Å²) >= 11 is 0. The number of carbonyl (C=O) groups excluding carboxylic acids is 3. The summed E-state index contributed by atoms with van der Waals surface area (Å²) in [6, 6.07) is 9.41. The second kappa shape index (κ2) is 9.35. The van der Waals surface area contributed by atoms with Gasteiger partial charge in [0.1, 0.15) is 5.69 Å². The Morgan fingerprint density at radius 1 is 1.11 bits per heavy atom. The Labute approximate surface area is 165 Å². The van der Waals surface area contributed by atoms with E-state index in [4.69, 9.17) is 4.74 Å². The van der Waals surface area contributed by atoms with Crippen molar-refractivity contribution < 1.29 is 19.1 Å². The minimum absolute atomic E-state index is 0.138. The smallest absolute Gasteiger partial charge is 0.355 e. The van der Waals surface area contributed by atoms with E-state index in [0.717, 1.165) is 12.0 Å². The monoisotopic (exact) mass is 384 g/mol. The highest BCUT2D eigenvalue weighted by Gasteiger charge is 2.17. The molecule has 6 nitrogen and oxygen atoms in total. The highest BCUT2D eigenvalue weighted by Crippen LogP contribution is 2.15. The summed E-state index contributed by atoms with van der Waals surface area (Å²) in [4.78, 5) is 35.7. The van der Waals surface area contributed by atoms with Crippen molar-refractivity contribution in [2.75, 3.05) is 6.61 Å². The lowest BCUT2D eigenvalue weighted by atomic mass is 10.00. The number of hydrogen-bond donors (Lipinski definition) is 1. The van der Waals surface area contributed by atoms with Gasteiger partial charge in [-0.2, -0.15) is 0 Å². The number of esters is 1. The normalized spacial score (nSPS) is 11.9. The van der Waals surface area contributed by atoms with Crippen molar-refractivity contribution >= 4 is 17.7 Å². The summed E-state index contributed by atoms with van der Waals surface area (Å²) < 4.78 is 6.59. The van der Waals surface area contributed by atoms with E-state index in [1.807, 2.05) is 19.1 Å². The van der Waals surface area contributed by atoms with Crippen LogP contribution in [0.15, 0.2) is 36.5 Å². The van der Waals surface area contributed by atoms with Crippen molar-refractivity contribution in [3.8, 4) is 0 Å². The van der Waals surface area contributed by atoms with Crippen molar-refractivity contribution in [1.82, 2.24) is 9.88 Å². The van der Waals surface area contributed by atoms with Crippen molar-refractivity contribution in [3.05, 3.63) is 58.9 Å². The third-order valence-corrected chi connectivity index (χ3v) is 4.46. The summed E-state index contributed by atoms with van der Waals surface area (Å²) in [6.45, 7) is 7.28. The first kappa shape index (κ1) is 21.4. The Bertz CT molecular complexity index is 850. The van der Waals surface area contributed by atoms with Gasteiger partial charge >= 0.3 is 5.97 Å². The average molecular weight is 384 g/mol. The predicted molar refractivity (Wildman–Crippen MR) is 107 cm³/mol. The first-order valence-corrected chi connectivity index (χ1v) is 9.40. The largest absolute Gasteiger partial charge is 0.451 e. The third kappa shape index (κ3) is 5.81. The number of carbonyl (C=O) groups is 3. The van der Waals surface area contributed by atoms with E-state index in [2.05, 4.69) is 31.3 Å². The Morgan fingerprint density at radius 2 is 1.75 bits per heavy atom. The zero-order chi connectivity index (χ0) is 20.8. The number of aromatic nitrogens is 1. The Kier molecular flexibility index (Phi) is 7.15. The minimum Gasteiger partial charge on any atom is -0.451 e. The predicted octanol–water partition coefficient (Wildman–Crippen LogP) is 3.46. The number of aryl methyl sites for hydroxylation is 1. The highest BCUT2D eigenvalue weighted by molar-refractivity contribution is 5.98. The molecule has 1 heterocycles. The van der Waals surface area contributed by atoms with Gasteiger partial charge in [-0.15, -0.1) is 0 Å². The van der Waals surface area contributed by atoms with Crippen LogP contribution in [0.1, 0.15) is 65.7 Å². The minimum atomic E-state index is -0.643. The summed E-state index contributed by atoms with van der Waals surface area (Å²) in [5, 5.41) is 2.82. The van der Waals surface area contributed by atoms with Crippen LogP contribution in [-0.4, -0.2) is 28.8 Å². The molecule has 150 valence electrons. The fourth-order valence-electron chi connectivity index (χ4n) is 2.95. The molecule has 1 aromatic heterocycles. The summed E-state index contributed by atoms with van der Waals surface area (Å²) in [5.41, 5.74) is 2.90. The lowest BCUT2D eigenvalue weighted by Crippen LogP contribution is -2.31. The van der Waals surface area contributed by atoms with Crippen LogP contribution in [0.5, 0.6) is 0 Å². The number of nitrogens with zero attached hydrogens (tertiary/aromatic N) is 1. The maximum atomic E-state index is 12.2. The lowest BCUT2D eigenvalue weighted by Gasteiger charge is -2.15. The van der Waals surface area contributed by atoms with E-state index in [0.29, 0.717) is 11.5 Å². The molecule has 0 bridgehead atoms. The zero-order valence-electron chi connectivity index (χ0n) is 17.1. The molecule has 28 heavy (non-hydrogen) atoms. The van der Waals surface area contributed by atoms with Crippen LogP contribution in [0, 0.1) is 5.92 Å². The van der Waals surface area contributed by atoms with E-state index in [9.17, 15) is 14.4 Å². The molecule has 1 aromatic carbocycles. The first-order valence-electron chi connectivity index (χ1n) is 9.40. The molecule has 0 unspecified atom stereocenters. The second-order valence-corrected chi connectivity index (χ2v) is 7.49. The van der Waals surface area contributed by atoms with E-state index in [-0.39, 0.29) is 30.0 Å². The molecule has 0 saturated carbocycles. The van der Waals surface area contributed by atoms with Gasteiger partial charge in [-0.25, -0.2) is 4.79 Å². The quantitative estimate of drug-likeness (QED) is 0.558. The van der Waals surface area contributed by atoms with Crippen molar-refractivity contribution in [2.24, 2.45) is 13.0 Å². The summed E-state index contributed by atoms with van der Waals surface area (Å²) in [6.07, 6.45) is 2.57. The number of ether oxygens (including phenoxy) is 1. The number of benzene rings is 1. The molecule has 1 N–H and O–H groups in total. The summed E-state index contributed by atoms with van der Waals surface area (Å²) in [7, 11) is 1.65. The molecule has 0 radical (unpaired) electrons. The van der Waals surface area contributed by atoms with Crippen LogP contribution < -0.4 is 5.32 Å². The average Bonchev–Trinajstić information content (AvgIpc) is 3.02. The molecule has 0 aliphatic rings. The first-order chi connectivity index (χ1) is 13.2. The van der Waals surface area contributed by atoms with E-state index in [1.54, 1.807) is 13.2 Å². The lowest BCUT2D eigenvalue weighted by molar-refractivity contribution is -0.124. The molecule has 1 amide bonds. The van der Waals surface area contributed by atoms with E-state index in [1.165, 1.54) is 23.1 Å². The van der Waals surface area contributed by atoms with Crippen LogP contribution in [0.25, 0.3) is 0 Å². The van der Waals surface area contributed by atoms with Gasteiger partial charge in [0, 0.05) is 18.8 Å². The second-order valence-electron chi connectivity index (χ2n) is 7.49. The van der Waals surface area contributed by atoms with Gasteiger partial charge in [0.05, 0.1) is 6.04 Å². The molecule has 0 spiro atoms. The SMILES string of the molecule is CC(=O)c1cc(C(=O)OCC(=O)N[C@H](C)c2ccc(CC(C)C)cc2)n(C)c1. The number of ketones is 1. The standard InChI is InChI=1S/C22H28N2O4/c1-14(2)10-17-6-8-18(9-7-17)15(3)23-21(26)13-28-22(27)20-11-19(16(4)25)12-24(20)5/h6-9,11-12,14-15H,10,13H2,1-5H3,(H,23,26)/t15-/m1/s1. The van der Waals surface area contributed by atoms with Crippen LogP contribution in [0.4, 0.5) is 0 Å². The molecular formula is C22H28N2O4. The fraction of sp³-hybridized carbons (Fsp3) is 0.409. The molecule has 2 aromatic rings. The summed E-state index contributed by atoms with van der Waals surface area (Å²) in [5.74, 6) is -0.571. The maximum absolute atomic E-state index is 12.2. The van der Waals surface area contributed by atoms with Crippen molar-refractivity contribution in [3.63, 3.8) is 0 Å².